The van der Waals surface area contributed by atoms with Crippen molar-refractivity contribution in [3.8, 4) is 5.75 Å². The van der Waals surface area contributed by atoms with Gasteiger partial charge in [-0.25, -0.2) is 4.79 Å². The largest absolute Gasteiger partial charge is 0.496 e. The van der Waals surface area contributed by atoms with Crippen LogP contribution in [0.1, 0.15) is 43.7 Å². The van der Waals surface area contributed by atoms with Gasteiger partial charge in [-0.2, -0.15) is 4.99 Å². The molecule has 1 saturated heterocycles. The van der Waals surface area contributed by atoms with Gasteiger partial charge >= 0.3 is 0 Å². The number of hydrogen-bond donors (Lipinski definition) is 0. The second-order valence-electron chi connectivity index (χ2n) is 5.46. The molecule has 0 unspecified atom stereocenters. The number of benzene rings is 1. The molecule has 0 radical (unpaired) electrons. The molecule has 1 heterocycles. The molecule has 0 amide bonds. The first-order chi connectivity index (χ1) is 9.63. The summed E-state index contributed by atoms with van der Waals surface area (Å²) in [5.41, 5.74) is 1.63. The van der Waals surface area contributed by atoms with Gasteiger partial charge in [0.2, 0.25) is 6.08 Å². The predicted molar refractivity (Wildman–Crippen MR) is 76.9 cm³/mol. The zero-order valence-electron chi connectivity index (χ0n) is 12.3. The molecule has 1 aliphatic heterocycles. The van der Waals surface area contributed by atoms with Crippen molar-refractivity contribution in [2.45, 2.75) is 38.1 Å². The number of isocyanates is 1. The maximum Gasteiger partial charge on any atom is 0.235 e. The highest BCUT2D eigenvalue weighted by Crippen LogP contribution is 2.41. The summed E-state index contributed by atoms with van der Waals surface area (Å²) in [4.78, 5) is 15.0. The molecule has 4 nitrogen and oxygen atoms in total. The highest BCUT2D eigenvalue weighted by Gasteiger charge is 2.37. The van der Waals surface area contributed by atoms with Gasteiger partial charge in [-0.05, 0) is 23.6 Å². The third-order valence-corrected chi connectivity index (χ3v) is 3.97. The number of methoxy groups -OCH3 is 1. The summed E-state index contributed by atoms with van der Waals surface area (Å²) >= 11 is 0. The average molecular weight is 275 g/mol. The summed E-state index contributed by atoms with van der Waals surface area (Å²) in [7, 11) is 1.64. The summed E-state index contributed by atoms with van der Waals surface area (Å²) in [5.74, 6) is 1.19. The van der Waals surface area contributed by atoms with Crippen LogP contribution < -0.4 is 4.74 Å². The van der Waals surface area contributed by atoms with Crippen molar-refractivity contribution in [1.29, 1.82) is 0 Å². The van der Waals surface area contributed by atoms with Crippen LogP contribution in [0.5, 0.6) is 5.75 Å². The van der Waals surface area contributed by atoms with Crippen molar-refractivity contribution in [2.24, 2.45) is 4.99 Å². The minimum absolute atomic E-state index is 0.414. The molecule has 4 heteroatoms. The highest BCUT2D eigenvalue weighted by molar-refractivity contribution is 5.46. The number of hydrogen-bond acceptors (Lipinski definition) is 4. The molecular formula is C16H21NO3. The quantitative estimate of drug-likeness (QED) is 0.626. The van der Waals surface area contributed by atoms with E-state index in [1.165, 1.54) is 5.56 Å². The molecule has 0 bridgehead atoms. The van der Waals surface area contributed by atoms with E-state index in [1.54, 1.807) is 13.2 Å². The third kappa shape index (κ3) is 2.77. The molecule has 0 spiro atoms. The van der Waals surface area contributed by atoms with Crippen LogP contribution >= 0.6 is 0 Å². The molecule has 1 aromatic carbocycles. The zero-order valence-corrected chi connectivity index (χ0v) is 12.3. The van der Waals surface area contributed by atoms with Crippen LogP contribution in [0.25, 0.3) is 0 Å². The molecule has 2 rings (SSSR count). The molecule has 0 saturated carbocycles. The number of ether oxygens (including phenoxy) is 2. The fourth-order valence-electron chi connectivity index (χ4n) is 2.69. The van der Waals surface area contributed by atoms with Gasteiger partial charge in [0, 0.05) is 31.6 Å². The van der Waals surface area contributed by atoms with Crippen LogP contribution in [0.2, 0.25) is 0 Å². The standard InChI is InChI=1S/C16H21NO3/c1-12(2)13-4-5-15(19-3)14(10-13)16(17-11-18)6-8-20-9-7-16/h4-5,10,12H,6-9H2,1-3H3. The van der Waals surface area contributed by atoms with Gasteiger partial charge < -0.3 is 9.47 Å². The van der Waals surface area contributed by atoms with E-state index in [0.717, 1.165) is 11.3 Å². The van der Waals surface area contributed by atoms with E-state index in [1.807, 2.05) is 6.07 Å². The van der Waals surface area contributed by atoms with Gasteiger partial charge in [-0.3, -0.25) is 0 Å². The summed E-state index contributed by atoms with van der Waals surface area (Å²) < 4.78 is 10.9. The van der Waals surface area contributed by atoms with Crippen LogP contribution in [0.3, 0.4) is 0 Å². The molecular weight excluding hydrogens is 254 g/mol. The lowest BCUT2D eigenvalue weighted by atomic mass is 9.81. The van der Waals surface area contributed by atoms with Crippen LogP contribution in [0.4, 0.5) is 0 Å². The molecule has 0 atom stereocenters. The summed E-state index contributed by atoms with van der Waals surface area (Å²) in [6, 6.07) is 6.13. The SMILES string of the molecule is COc1ccc(C(C)C)cc1C1(N=C=O)CCOCC1. The first kappa shape index (κ1) is 14.8. The highest BCUT2D eigenvalue weighted by atomic mass is 16.5. The van der Waals surface area contributed by atoms with Gasteiger partial charge in [0.05, 0.1) is 7.11 Å². The Hall–Kier alpha value is -1.64. The Kier molecular flexibility index (Phi) is 4.58. The third-order valence-electron chi connectivity index (χ3n) is 3.97. The fraction of sp³-hybridized carbons (Fsp3) is 0.562. The van der Waals surface area contributed by atoms with E-state index in [0.29, 0.717) is 32.0 Å². The van der Waals surface area contributed by atoms with Crippen molar-refractivity contribution < 1.29 is 14.3 Å². The smallest absolute Gasteiger partial charge is 0.235 e. The van der Waals surface area contributed by atoms with Crippen molar-refractivity contribution in [2.75, 3.05) is 20.3 Å². The van der Waals surface area contributed by atoms with Gasteiger partial charge in [0.15, 0.2) is 0 Å². The Balaban J connectivity index is 2.56. The minimum Gasteiger partial charge on any atom is -0.496 e. The second-order valence-corrected chi connectivity index (χ2v) is 5.46. The Bertz CT molecular complexity index is 512. The van der Waals surface area contributed by atoms with Gasteiger partial charge in [0.1, 0.15) is 11.3 Å². The van der Waals surface area contributed by atoms with Crippen molar-refractivity contribution in [1.82, 2.24) is 0 Å². The Morgan fingerprint density at radius 2 is 2.05 bits per heavy atom. The number of carbonyl (C=O) groups excluding carboxylic acids is 1. The van der Waals surface area contributed by atoms with E-state index < -0.39 is 5.54 Å². The van der Waals surface area contributed by atoms with E-state index in [2.05, 4.69) is 31.0 Å². The molecule has 0 aromatic heterocycles. The summed E-state index contributed by atoms with van der Waals surface area (Å²) in [6.07, 6.45) is 3.10. The average Bonchev–Trinajstić information content (AvgIpc) is 2.47. The van der Waals surface area contributed by atoms with Crippen LogP contribution in [-0.2, 0) is 15.1 Å². The molecule has 1 aliphatic rings. The van der Waals surface area contributed by atoms with Gasteiger partial charge in [-0.1, -0.05) is 19.9 Å². The van der Waals surface area contributed by atoms with Crippen molar-refractivity contribution in [3.63, 3.8) is 0 Å². The van der Waals surface area contributed by atoms with Crippen LogP contribution in [0, 0.1) is 0 Å². The number of aliphatic imine (C=N–C) groups is 1. The Morgan fingerprint density at radius 3 is 2.60 bits per heavy atom. The van der Waals surface area contributed by atoms with Crippen molar-refractivity contribution >= 4 is 6.08 Å². The molecule has 20 heavy (non-hydrogen) atoms. The molecule has 1 aromatic rings. The lowest BCUT2D eigenvalue weighted by molar-refractivity contribution is 0.0523. The monoisotopic (exact) mass is 275 g/mol. The van der Waals surface area contributed by atoms with E-state index in [-0.39, 0.29) is 0 Å². The van der Waals surface area contributed by atoms with E-state index in [9.17, 15) is 4.79 Å². The van der Waals surface area contributed by atoms with Gasteiger partial charge in [0.25, 0.3) is 0 Å². The number of nitrogens with zero attached hydrogens (tertiary/aromatic N) is 1. The van der Waals surface area contributed by atoms with Crippen LogP contribution in [0.15, 0.2) is 23.2 Å². The first-order valence-electron chi connectivity index (χ1n) is 6.98. The lowest BCUT2D eigenvalue weighted by Crippen LogP contribution is -2.32. The number of rotatable bonds is 4. The topological polar surface area (TPSA) is 47.9 Å². The normalized spacial score (nSPS) is 17.6. The van der Waals surface area contributed by atoms with Gasteiger partial charge in [-0.15, -0.1) is 0 Å². The Morgan fingerprint density at radius 1 is 1.35 bits per heavy atom. The predicted octanol–water partition coefficient (Wildman–Crippen LogP) is 3.16. The fourth-order valence-corrected chi connectivity index (χ4v) is 2.69. The lowest BCUT2D eigenvalue weighted by Gasteiger charge is -2.34. The summed E-state index contributed by atoms with van der Waals surface area (Å²) in [5, 5.41) is 0. The van der Waals surface area contributed by atoms with Crippen molar-refractivity contribution in [3.05, 3.63) is 29.3 Å². The second kappa shape index (κ2) is 6.21. The van der Waals surface area contributed by atoms with E-state index in [4.69, 9.17) is 9.47 Å². The maximum atomic E-state index is 10.9. The molecule has 0 N–H and O–H groups in total. The van der Waals surface area contributed by atoms with E-state index >= 15 is 0 Å². The maximum absolute atomic E-state index is 10.9. The first-order valence-corrected chi connectivity index (χ1v) is 6.98. The molecule has 0 aliphatic carbocycles. The van der Waals surface area contributed by atoms with Crippen LogP contribution in [-0.4, -0.2) is 26.4 Å². The zero-order chi connectivity index (χ0) is 14.6. The summed E-state index contributed by atoms with van der Waals surface area (Å²) in [6.45, 7) is 5.48. The Labute approximate surface area is 119 Å². The minimum atomic E-state index is -0.559. The molecule has 108 valence electrons. The molecule has 1 fully saturated rings.